The number of thiophene rings is 2. The molecule has 25 heavy (non-hydrogen) atoms. The lowest BCUT2D eigenvalue weighted by atomic mass is 9.91. The van der Waals surface area contributed by atoms with E-state index >= 15 is 0 Å². The Bertz CT molecular complexity index is 794. The fraction of sp³-hybridized carbons (Fsp3) is 0.250. The lowest BCUT2D eigenvalue weighted by molar-refractivity contribution is -0.130. The predicted molar refractivity (Wildman–Crippen MR) is 104 cm³/mol. The third-order valence-corrected chi connectivity index (χ3v) is 6.72. The third-order valence-electron chi connectivity index (χ3n) is 5.00. The second-order valence-electron chi connectivity index (χ2n) is 6.53. The average molecular weight is 369 g/mol. The van der Waals surface area contributed by atoms with E-state index in [1.165, 1.54) is 20.9 Å². The first-order chi connectivity index (χ1) is 12.2. The highest BCUT2D eigenvalue weighted by Gasteiger charge is 2.47. The Morgan fingerprint density at radius 3 is 1.84 bits per heavy atom. The van der Waals surface area contributed by atoms with E-state index in [1.807, 2.05) is 12.1 Å². The number of carbonyl (C=O) groups excluding carboxylic acids is 1. The zero-order chi connectivity index (χ0) is 17.3. The Hall–Kier alpha value is -1.95. The first kappa shape index (κ1) is 16.5. The molecule has 3 aromatic rings. The van der Waals surface area contributed by atoms with Gasteiger partial charge in [-0.15, -0.1) is 22.7 Å². The van der Waals surface area contributed by atoms with Crippen molar-refractivity contribution in [3.8, 4) is 0 Å². The molecule has 0 bridgehead atoms. The lowest BCUT2D eigenvalue weighted by Gasteiger charge is -2.38. The topological polar surface area (TPSA) is 46.3 Å². The fourth-order valence-electron chi connectivity index (χ4n) is 3.69. The summed E-state index contributed by atoms with van der Waals surface area (Å²) in [5, 5.41) is 4.16. The molecule has 128 valence electrons. The zero-order valence-electron chi connectivity index (χ0n) is 13.9. The number of nitrogens with two attached hydrogens (primary N) is 1. The quantitative estimate of drug-likeness (QED) is 0.719. The molecule has 1 aliphatic rings. The van der Waals surface area contributed by atoms with Crippen molar-refractivity contribution in [3.05, 3.63) is 80.2 Å². The molecule has 4 rings (SSSR count). The number of amides is 1. The predicted octanol–water partition coefficient (Wildman–Crippen LogP) is 3.83. The van der Waals surface area contributed by atoms with Crippen molar-refractivity contribution >= 4 is 28.6 Å². The molecule has 3 nitrogen and oxygen atoms in total. The highest BCUT2D eigenvalue weighted by Crippen LogP contribution is 2.37. The van der Waals surface area contributed by atoms with Gasteiger partial charge in [-0.25, -0.2) is 0 Å². The van der Waals surface area contributed by atoms with Crippen LogP contribution < -0.4 is 5.73 Å². The maximum atomic E-state index is 12.7. The van der Waals surface area contributed by atoms with E-state index < -0.39 is 5.54 Å². The van der Waals surface area contributed by atoms with Crippen LogP contribution in [0.2, 0.25) is 0 Å². The van der Waals surface area contributed by atoms with Crippen LogP contribution in [0.25, 0.3) is 0 Å². The first-order valence-electron chi connectivity index (χ1n) is 8.34. The van der Waals surface area contributed by atoms with E-state index in [2.05, 4.69) is 52.1 Å². The Kier molecular flexibility index (Phi) is 4.46. The van der Waals surface area contributed by atoms with Crippen LogP contribution in [0, 0.1) is 0 Å². The third kappa shape index (κ3) is 3.15. The van der Waals surface area contributed by atoms with Crippen molar-refractivity contribution < 1.29 is 4.79 Å². The number of fused-ring (bicyclic) bond motifs is 1. The summed E-state index contributed by atoms with van der Waals surface area (Å²) in [6.07, 6.45) is 1.38. The van der Waals surface area contributed by atoms with Gasteiger partial charge in [0.15, 0.2) is 0 Å². The molecule has 0 radical (unpaired) electrons. The second kappa shape index (κ2) is 6.75. The van der Waals surface area contributed by atoms with Crippen molar-refractivity contribution in [2.24, 2.45) is 5.73 Å². The van der Waals surface area contributed by atoms with E-state index in [1.54, 1.807) is 22.7 Å². The Morgan fingerprint density at radius 2 is 1.44 bits per heavy atom. The van der Waals surface area contributed by atoms with Crippen molar-refractivity contribution in [2.75, 3.05) is 0 Å². The molecule has 0 saturated carbocycles. The van der Waals surface area contributed by atoms with Crippen molar-refractivity contribution in [2.45, 2.75) is 31.5 Å². The van der Waals surface area contributed by atoms with E-state index in [0.29, 0.717) is 12.8 Å². The molecule has 1 aliphatic carbocycles. The molecule has 0 saturated heterocycles. The molecule has 0 fully saturated rings. The van der Waals surface area contributed by atoms with Crippen molar-refractivity contribution in [3.63, 3.8) is 0 Å². The highest BCUT2D eigenvalue weighted by atomic mass is 32.1. The molecule has 0 unspecified atom stereocenters. The number of hydrogen-bond acceptors (Lipinski definition) is 4. The molecule has 0 atom stereocenters. The number of carbonyl (C=O) groups is 1. The number of rotatable bonds is 6. The minimum Gasteiger partial charge on any atom is -0.368 e. The summed E-state index contributed by atoms with van der Waals surface area (Å²) < 4.78 is 0. The molecule has 1 aromatic carbocycles. The van der Waals surface area contributed by atoms with Crippen LogP contribution in [0.15, 0.2) is 59.3 Å². The monoisotopic (exact) mass is 368 g/mol. The molecule has 2 heterocycles. The van der Waals surface area contributed by atoms with Gasteiger partial charge in [-0.2, -0.15) is 0 Å². The van der Waals surface area contributed by atoms with Crippen LogP contribution >= 0.6 is 22.7 Å². The highest BCUT2D eigenvalue weighted by molar-refractivity contribution is 7.10. The van der Waals surface area contributed by atoms with E-state index in [0.717, 1.165) is 13.1 Å². The SMILES string of the molecule is NC(=O)C1(N(Cc2cccs2)Cc2cccs2)Cc2ccccc2C1. The molecule has 1 amide bonds. The fourth-order valence-corrected chi connectivity index (χ4v) is 5.13. The van der Waals surface area contributed by atoms with Gasteiger partial charge >= 0.3 is 0 Å². The number of hydrogen-bond donors (Lipinski definition) is 1. The molecule has 0 spiro atoms. The summed E-state index contributed by atoms with van der Waals surface area (Å²) in [6.45, 7) is 1.49. The lowest BCUT2D eigenvalue weighted by Crippen LogP contribution is -2.57. The zero-order valence-corrected chi connectivity index (χ0v) is 15.5. The summed E-state index contributed by atoms with van der Waals surface area (Å²) in [4.78, 5) is 17.5. The Labute approximate surface area is 155 Å². The number of primary amides is 1. The second-order valence-corrected chi connectivity index (χ2v) is 8.60. The minimum absolute atomic E-state index is 0.225. The normalized spacial score (nSPS) is 15.4. The van der Waals surface area contributed by atoms with E-state index in [4.69, 9.17) is 5.73 Å². The van der Waals surface area contributed by atoms with Crippen molar-refractivity contribution in [1.82, 2.24) is 4.90 Å². The van der Waals surface area contributed by atoms with E-state index in [9.17, 15) is 4.79 Å². The Morgan fingerprint density at radius 1 is 0.920 bits per heavy atom. The minimum atomic E-state index is -0.655. The summed E-state index contributed by atoms with van der Waals surface area (Å²) >= 11 is 3.45. The summed E-state index contributed by atoms with van der Waals surface area (Å²) in [7, 11) is 0. The van der Waals surface area contributed by atoms with Gasteiger partial charge in [0.25, 0.3) is 0 Å². The smallest absolute Gasteiger partial charge is 0.238 e. The maximum absolute atomic E-state index is 12.7. The maximum Gasteiger partial charge on any atom is 0.238 e. The van der Waals surface area contributed by atoms with Crippen LogP contribution in [0.4, 0.5) is 0 Å². The van der Waals surface area contributed by atoms with Crippen LogP contribution in [0.3, 0.4) is 0 Å². The van der Waals surface area contributed by atoms with Crippen LogP contribution in [0.1, 0.15) is 20.9 Å². The van der Waals surface area contributed by atoms with Gasteiger partial charge in [0.05, 0.1) is 0 Å². The van der Waals surface area contributed by atoms with Gasteiger partial charge in [0.1, 0.15) is 5.54 Å². The van der Waals surface area contributed by atoms with Crippen molar-refractivity contribution in [1.29, 1.82) is 0 Å². The van der Waals surface area contributed by atoms with E-state index in [-0.39, 0.29) is 5.91 Å². The van der Waals surface area contributed by atoms with Crippen LogP contribution in [-0.2, 0) is 30.7 Å². The number of benzene rings is 1. The molecular weight excluding hydrogens is 348 g/mol. The van der Waals surface area contributed by atoms with Gasteiger partial charge < -0.3 is 5.73 Å². The largest absolute Gasteiger partial charge is 0.368 e. The molecule has 2 N–H and O–H groups in total. The van der Waals surface area contributed by atoms with Crippen LogP contribution in [0.5, 0.6) is 0 Å². The summed E-state index contributed by atoms with van der Waals surface area (Å²) in [6, 6.07) is 16.7. The summed E-state index contributed by atoms with van der Waals surface area (Å²) in [5.74, 6) is -0.225. The van der Waals surface area contributed by atoms with Gasteiger partial charge in [0, 0.05) is 35.7 Å². The van der Waals surface area contributed by atoms with Gasteiger partial charge in [0.2, 0.25) is 5.91 Å². The molecule has 2 aromatic heterocycles. The average Bonchev–Trinajstić information content (AvgIpc) is 3.34. The van der Waals surface area contributed by atoms with Gasteiger partial charge in [-0.05, 0) is 34.0 Å². The first-order valence-corrected chi connectivity index (χ1v) is 10.1. The van der Waals surface area contributed by atoms with Gasteiger partial charge in [-0.3, -0.25) is 9.69 Å². The van der Waals surface area contributed by atoms with Gasteiger partial charge in [-0.1, -0.05) is 36.4 Å². The standard InChI is InChI=1S/C20H20N2OS2/c21-19(23)20(11-15-5-1-2-6-16(15)12-20)22(13-17-7-3-9-24-17)14-18-8-4-10-25-18/h1-10H,11-14H2,(H2,21,23). The molecule has 5 heteroatoms. The summed E-state index contributed by atoms with van der Waals surface area (Å²) in [5.41, 5.74) is 7.82. The number of nitrogens with zero attached hydrogens (tertiary/aromatic N) is 1. The van der Waals surface area contributed by atoms with Crippen LogP contribution in [-0.4, -0.2) is 16.3 Å². The Balaban J connectivity index is 1.71. The molecular formula is C20H20N2OS2. The molecule has 0 aliphatic heterocycles.